The van der Waals surface area contributed by atoms with Crippen molar-refractivity contribution >= 4 is 16.7 Å². The van der Waals surface area contributed by atoms with Gasteiger partial charge in [0.05, 0.1) is 12.0 Å². The molecule has 1 aliphatic carbocycles. The smallest absolute Gasteiger partial charge is 0.420 e. The van der Waals surface area contributed by atoms with Crippen LogP contribution < -0.4 is 4.74 Å². The largest absolute Gasteiger partial charge is 0.490 e. The minimum atomic E-state index is -4.71. The van der Waals surface area contributed by atoms with E-state index in [1.54, 1.807) is 18.2 Å². The number of rotatable bonds is 7. The number of carboxylic acids is 1. The summed E-state index contributed by atoms with van der Waals surface area (Å²) in [6, 6.07) is 7.67. The maximum Gasteiger partial charge on any atom is 0.420 e. The zero-order valence-electron chi connectivity index (χ0n) is 21.2. The van der Waals surface area contributed by atoms with Gasteiger partial charge in [-0.25, -0.2) is 0 Å². The molecule has 210 valence electrons. The van der Waals surface area contributed by atoms with Crippen LogP contribution in [0.1, 0.15) is 75.5 Å². The van der Waals surface area contributed by atoms with Gasteiger partial charge >= 0.3 is 18.3 Å². The lowest BCUT2D eigenvalue weighted by Crippen LogP contribution is -2.38. The molecule has 0 spiro atoms. The second-order valence-corrected chi connectivity index (χ2v) is 10.6. The average molecular weight is 546 g/mol. The van der Waals surface area contributed by atoms with Crippen LogP contribution >= 0.6 is 0 Å². The summed E-state index contributed by atoms with van der Waals surface area (Å²) in [6.07, 6.45) is -7.40. The van der Waals surface area contributed by atoms with Gasteiger partial charge in [-0.1, -0.05) is 25.1 Å². The lowest BCUT2D eigenvalue weighted by Gasteiger charge is -2.38. The van der Waals surface area contributed by atoms with E-state index in [0.717, 1.165) is 31.4 Å². The Balaban J connectivity index is 1.58. The lowest BCUT2D eigenvalue weighted by atomic mass is 9.87. The number of fused-ring (bicyclic) bond motifs is 1. The Morgan fingerprint density at radius 2 is 1.76 bits per heavy atom. The first-order chi connectivity index (χ1) is 17.9. The van der Waals surface area contributed by atoms with Crippen LogP contribution in [0.3, 0.4) is 0 Å². The van der Waals surface area contributed by atoms with E-state index >= 15 is 0 Å². The lowest BCUT2D eigenvalue weighted by molar-refractivity contribution is -0.185. The third-order valence-electron chi connectivity index (χ3n) is 7.95. The van der Waals surface area contributed by atoms with Gasteiger partial charge < -0.3 is 9.84 Å². The first-order valence-corrected chi connectivity index (χ1v) is 13.2. The van der Waals surface area contributed by atoms with Crippen LogP contribution in [0.4, 0.5) is 26.3 Å². The predicted octanol–water partition coefficient (Wildman–Crippen LogP) is 8.00. The van der Waals surface area contributed by atoms with Gasteiger partial charge in [0.2, 0.25) is 0 Å². The molecule has 4 rings (SSSR count). The summed E-state index contributed by atoms with van der Waals surface area (Å²) in [6.45, 7) is 3.42. The van der Waals surface area contributed by atoms with Crippen LogP contribution in [0.15, 0.2) is 30.3 Å². The molecule has 1 heterocycles. The minimum absolute atomic E-state index is 0.0139. The average Bonchev–Trinajstić information content (AvgIpc) is 2.83. The van der Waals surface area contributed by atoms with Crippen LogP contribution in [0.25, 0.3) is 10.8 Å². The number of halogens is 6. The van der Waals surface area contributed by atoms with E-state index < -0.39 is 35.9 Å². The molecule has 1 N–H and O–H groups in total. The van der Waals surface area contributed by atoms with Crippen LogP contribution in [-0.4, -0.2) is 41.3 Å². The number of hydrogen-bond donors (Lipinski definition) is 1. The number of ether oxygens (including phenoxy) is 1. The molecule has 4 nitrogen and oxygen atoms in total. The Morgan fingerprint density at radius 3 is 2.37 bits per heavy atom. The molecule has 2 aliphatic rings. The molecule has 1 aliphatic heterocycles. The highest BCUT2D eigenvalue weighted by atomic mass is 19.4. The van der Waals surface area contributed by atoms with Crippen molar-refractivity contribution in [1.29, 1.82) is 0 Å². The molecular weight excluding hydrogens is 512 g/mol. The molecule has 38 heavy (non-hydrogen) atoms. The molecule has 1 saturated carbocycles. The van der Waals surface area contributed by atoms with Crippen LogP contribution in [0.5, 0.6) is 5.75 Å². The number of hydrogen-bond acceptors (Lipinski definition) is 3. The summed E-state index contributed by atoms with van der Waals surface area (Å²) in [5, 5.41) is 9.57. The minimum Gasteiger partial charge on any atom is -0.490 e. The second-order valence-electron chi connectivity index (χ2n) is 10.6. The third kappa shape index (κ3) is 6.55. The fourth-order valence-corrected chi connectivity index (χ4v) is 6.11. The van der Waals surface area contributed by atoms with Gasteiger partial charge in [-0.3, -0.25) is 9.69 Å². The predicted molar refractivity (Wildman–Crippen MR) is 131 cm³/mol. The van der Waals surface area contributed by atoms with Gasteiger partial charge in [0.15, 0.2) is 0 Å². The van der Waals surface area contributed by atoms with Crippen LogP contribution in [0.2, 0.25) is 0 Å². The number of alkyl halides is 6. The summed E-state index contributed by atoms with van der Waals surface area (Å²) >= 11 is 0. The second kappa shape index (κ2) is 11.3. The zero-order chi connectivity index (χ0) is 27.7. The van der Waals surface area contributed by atoms with Crippen molar-refractivity contribution in [3.8, 4) is 5.75 Å². The molecule has 2 fully saturated rings. The van der Waals surface area contributed by atoms with Crippen LogP contribution in [0, 0.1) is 11.8 Å². The van der Waals surface area contributed by atoms with Gasteiger partial charge in [0.1, 0.15) is 11.3 Å². The Bertz CT molecular complexity index is 1120. The Labute approximate surface area is 217 Å². The summed E-state index contributed by atoms with van der Waals surface area (Å²) in [5.74, 6) is -2.58. The standard InChI is InChI=1S/C28H33F6NO3/c1-2-23(35-13-3-4-17(16-35)14-25(36)37)19-5-11-22-18(15-19)6-12-24(26(22)28(32,33)34)38-21-9-7-20(8-10-21)27(29,30)31/h5-6,11-12,15,17,20-21,23H,2-4,7-10,13-14,16H2,1H3,(H,36,37)/t17-,20?,21?,23-/m1/s1. The van der Waals surface area contributed by atoms with E-state index in [-0.39, 0.29) is 55.2 Å². The van der Waals surface area contributed by atoms with Crippen molar-refractivity contribution in [2.24, 2.45) is 11.8 Å². The van der Waals surface area contributed by atoms with Crippen LogP contribution in [-0.2, 0) is 11.0 Å². The Hall–Kier alpha value is -2.49. The first-order valence-electron chi connectivity index (χ1n) is 13.2. The molecule has 0 radical (unpaired) electrons. The van der Waals surface area contributed by atoms with E-state index in [1.165, 1.54) is 12.1 Å². The van der Waals surface area contributed by atoms with E-state index in [4.69, 9.17) is 4.74 Å². The van der Waals surface area contributed by atoms with Gasteiger partial charge in [-0.15, -0.1) is 0 Å². The molecule has 0 unspecified atom stereocenters. The van der Waals surface area contributed by atoms with Crippen molar-refractivity contribution < 1.29 is 41.0 Å². The topological polar surface area (TPSA) is 49.8 Å². The molecule has 2 aromatic rings. The van der Waals surface area contributed by atoms with Gasteiger partial charge in [0.25, 0.3) is 0 Å². The molecule has 0 aromatic heterocycles. The van der Waals surface area contributed by atoms with E-state index in [9.17, 15) is 36.2 Å². The quantitative estimate of drug-likeness (QED) is 0.358. The zero-order valence-corrected chi connectivity index (χ0v) is 21.2. The highest BCUT2D eigenvalue weighted by Gasteiger charge is 2.43. The van der Waals surface area contributed by atoms with Crippen molar-refractivity contribution in [2.45, 2.75) is 82.8 Å². The number of piperidine rings is 1. The molecule has 10 heteroatoms. The summed E-state index contributed by atoms with van der Waals surface area (Å²) in [7, 11) is 0. The van der Waals surface area contributed by atoms with Gasteiger partial charge in [-0.05, 0) is 85.9 Å². The molecule has 2 aromatic carbocycles. The van der Waals surface area contributed by atoms with Crippen molar-refractivity contribution in [3.63, 3.8) is 0 Å². The number of likely N-dealkylation sites (tertiary alicyclic amines) is 1. The summed E-state index contributed by atoms with van der Waals surface area (Å²) in [5.41, 5.74) is -0.0460. The molecule has 0 bridgehead atoms. The van der Waals surface area contributed by atoms with E-state index in [2.05, 4.69) is 4.90 Å². The molecule has 2 atom stereocenters. The van der Waals surface area contributed by atoms with E-state index in [1.807, 2.05) is 6.92 Å². The first kappa shape index (κ1) is 28.5. The third-order valence-corrected chi connectivity index (χ3v) is 7.95. The molecular formula is C28H33F6NO3. The number of carbonyl (C=O) groups is 1. The Kier molecular flexibility index (Phi) is 8.49. The Morgan fingerprint density at radius 1 is 1.05 bits per heavy atom. The monoisotopic (exact) mass is 545 g/mol. The summed E-state index contributed by atoms with van der Waals surface area (Å²) in [4.78, 5) is 13.4. The molecule has 0 amide bonds. The van der Waals surface area contributed by atoms with Crippen molar-refractivity contribution in [3.05, 3.63) is 41.5 Å². The van der Waals surface area contributed by atoms with Crippen molar-refractivity contribution in [1.82, 2.24) is 4.90 Å². The fourth-order valence-electron chi connectivity index (χ4n) is 6.11. The normalized spacial score (nSPS) is 24.3. The summed E-state index contributed by atoms with van der Waals surface area (Å²) < 4.78 is 87.3. The number of benzene rings is 2. The highest BCUT2D eigenvalue weighted by Crippen LogP contribution is 2.44. The highest BCUT2D eigenvalue weighted by molar-refractivity contribution is 5.89. The van der Waals surface area contributed by atoms with Crippen molar-refractivity contribution in [2.75, 3.05) is 13.1 Å². The molecule has 1 saturated heterocycles. The van der Waals surface area contributed by atoms with Gasteiger partial charge in [0, 0.05) is 19.0 Å². The number of nitrogens with zero attached hydrogens (tertiary/aromatic N) is 1. The number of carboxylic acid groups (broad SMARTS) is 1. The SMILES string of the molecule is CC[C@H](c1ccc2c(C(F)(F)F)c(OC3CCC(C(F)(F)F)CC3)ccc2c1)N1CCC[C@H](CC(=O)O)C1. The maximum absolute atomic E-state index is 14.2. The van der Waals surface area contributed by atoms with E-state index in [0.29, 0.717) is 11.9 Å². The number of aliphatic carboxylic acids is 1. The van der Waals surface area contributed by atoms with Gasteiger partial charge in [-0.2, -0.15) is 26.3 Å². The maximum atomic E-state index is 14.2. The fraction of sp³-hybridized carbons (Fsp3) is 0.607.